The van der Waals surface area contributed by atoms with Gasteiger partial charge in [0.25, 0.3) is 0 Å². The zero-order chi connectivity index (χ0) is 12.1. The van der Waals surface area contributed by atoms with E-state index in [9.17, 15) is 0 Å². The van der Waals surface area contributed by atoms with Crippen molar-refractivity contribution in [3.05, 3.63) is 41.5 Å². The lowest BCUT2D eigenvalue weighted by molar-refractivity contribution is 0.403. The first-order valence-corrected chi connectivity index (χ1v) is 5.63. The molecule has 0 heterocycles. The molecular formula is C14H21NO. The third-order valence-corrected chi connectivity index (χ3v) is 2.60. The summed E-state index contributed by atoms with van der Waals surface area (Å²) in [7, 11) is 1.71. The second kappa shape index (κ2) is 5.71. The van der Waals surface area contributed by atoms with Crippen LogP contribution in [-0.4, -0.2) is 13.7 Å². The highest BCUT2D eigenvalue weighted by atomic mass is 16.5. The molecule has 1 atom stereocenters. The fraction of sp³-hybridized carbons (Fsp3) is 0.429. The third kappa shape index (κ3) is 2.86. The Labute approximate surface area is 98.3 Å². The fourth-order valence-electron chi connectivity index (χ4n) is 1.81. The lowest BCUT2D eigenvalue weighted by Crippen LogP contribution is -2.22. The Kier molecular flexibility index (Phi) is 4.56. The standard InChI is InChI=1S/C14H21NO/c1-6-15-14(10(2)3)12-8-7-11(4)9-13(12)16-5/h7-9,14-15H,2,6H2,1,3-5H3. The predicted octanol–water partition coefficient (Wildman–Crippen LogP) is 3.23. The van der Waals surface area contributed by atoms with E-state index in [1.165, 1.54) is 5.56 Å². The van der Waals surface area contributed by atoms with Crippen molar-refractivity contribution < 1.29 is 4.74 Å². The number of rotatable bonds is 5. The van der Waals surface area contributed by atoms with Crippen LogP contribution in [-0.2, 0) is 0 Å². The van der Waals surface area contributed by atoms with Crippen molar-refractivity contribution in [2.45, 2.75) is 26.8 Å². The molecule has 0 amide bonds. The van der Waals surface area contributed by atoms with Gasteiger partial charge in [0.15, 0.2) is 0 Å². The number of hydrogen-bond donors (Lipinski definition) is 1. The molecule has 0 aromatic heterocycles. The van der Waals surface area contributed by atoms with Gasteiger partial charge in [0.2, 0.25) is 0 Å². The van der Waals surface area contributed by atoms with Gasteiger partial charge in [-0.15, -0.1) is 0 Å². The van der Waals surface area contributed by atoms with Crippen LogP contribution in [0, 0.1) is 6.92 Å². The van der Waals surface area contributed by atoms with E-state index >= 15 is 0 Å². The molecule has 0 spiro atoms. The van der Waals surface area contributed by atoms with E-state index in [1.54, 1.807) is 7.11 Å². The van der Waals surface area contributed by atoms with Crippen LogP contribution < -0.4 is 10.1 Å². The van der Waals surface area contributed by atoms with Crippen LogP contribution in [0.1, 0.15) is 31.0 Å². The highest BCUT2D eigenvalue weighted by Gasteiger charge is 2.15. The zero-order valence-electron chi connectivity index (χ0n) is 10.6. The van der Waals surface area contributed by atoms with Gasteiger partial charge < -0.3 is 10.1 Å². The number of hydrogen-bond acceptors (Lipinski definition) is 2. The molecule has 88 valence electrons. The third-order valence-electron chi connectivity index (χ3n) is 2.60. The Balaban J connectivity index is 3.12. The Hall–Kier alpha value is -1.28. The Morgan fingerprint density at radius 2 is 2.19 bits per heavy atom. The first kappa shape index (κ1) is 12.8. The number of likely N-dealkylation sites (N-methyl/N-ethyl adjacent to an activating group) is 1. The Morgan fingerprint density at radius 1 is 1.50 bits per heavy atom. The van der Waals surface area contributed by atoms with Gasteiger partial charge in [0.1, 0.15) is 5.75 Å². The van der Waals surface area contributed by atoms with Crippen molar-refractivity contribution in [1.29, 1.82) is 0 Å². The molecule has 1 aromatic carbocycles. The molecule has 0 radical (unpaired) electrons. The lowest BCUT2D eigenvalue weighted by Gasteiger charge is -2.21. The Morgan fingerprint density at radius 3 is 2.69 bits per heavy atom. The minimum absolute atomic E-state index is 0.167. The fourth-order valence-corrected chi connectivity index (χ4v) is 1.81. The number of ether oxygens (including phenoxy) is 1. The van der Waals surface area contributed by atoms with Gasteiger partial charge in [-0.1, -0.05) is 31.2 Å². The van der Waals surface area contributed by atoms with Crippen molar-refractivity contribution in [3.8, 4) is 5.75 Å². The maximum atomic E-state index is 5.42. The summed E-state index contributed by atoms with van der Waals surface area (Å²) in [5.74, 6) is 0.925. The van der Waals surface area contributed by atoms with E-state index in [-0.39, 0.29) is 6.04 Å². The molecule has 0 aliphatic carbocycles. The van der Waals surface area contributed by atoms with Gasteiger partial charge in [-0.25, -0.2) is 0 Å². The molecule has 0 saturated carbocycles. The van der Waals surface area contributed by atoms with Crippen LogP contribution in [0.25, 0.3) is 0 Å². The van der Waals surface area contributed by atoms with E-state index in [1.807, 2.05) is 6.92 Å². The minimum Gasteiger partial charge on any atom is -0.496 e. The molecule has 0 fully saturated rings. The highest BCUT2D eigenvalue weighted by Crippen LogP contribution is 2.29. The van der Waals surface area contributed by atoms with E-state index in [4.69, 9.17) is 4.74 Å². The summed E-state index contributed by atoms with van der Waals surface area (Å²) in [5.41, 5.74) is 3.46. The SMILES string of the molecule is C=C(C)C(NCC)c1ccc(C)cc1OC. The largest absolute Gasteiger partial charge is 0.496 e. The lowest BCUT2D eigenvalue weighted by atomic mass is 9.98. The van der Waals surface area contributed by atoms with Gasteiger partial charge in [-0.3, -0.25) is 0 Å². The second-order valence-corrected chi connectivity index (χ2v) is 4.08. The summed E-state index contributed by atoms with van der Waals surface area (Å²) in [6.07, 6.45) is 0. The second-order valence-electron chi connectivity index (χ2n) is 4.08. The highest BCUT2D eigenvalue weighted by molar-refractivity contribution is 5.42. The topological polar surface area (TPSA) is 21.3 Å². The first-order chi connectivity index (χ1) is 7.60. The summed E-state index contributed by atoms with van der Waals surface area (Å²) in [5, 5.41) is 3.41. The van der Waals surface area contributed by atoms with Crippen molar-refractivity contribution in [3.63, 3.8) is 0 Å². The van der Waals surface area contributed by atoms with Gasteiger partial charge >= 0.3 is 0 Å². The molecule has 1 aromatic rings. The average Bonchev–Trinajstić information content (AvgIpc) is 2.26. The molecule has 2 heteroatoms. The van der Waals surface area contributed by atoms with Crippen molar-refractivity contribution in [1.82, 2.24) is 5.32 Å². The van der Waals surface area contributed by atoms with Crippen LogP contribution in [0.4, 0.5) is 0 Å². The van der Waals surface area contributed by atoms with E-state index in [2.05, 4.69) is 43.9 Å². The molecule has 2 nitrogen and oxygen atoms in total. The zero-order valence-corrected chi connectivity index (χ0v) is 10.6. The Bertz CT molecular complexity index is 371. The molecule has 0 bridgehead atoms. The molecule has 0 aliphatic rings. The maximum absolute atomic E-state index is 5.42. The summed E-state index contributed by atoms with van der Waals surface area (Å²) in [4.78, 5) is 0. The molecular weight excluding hydrogens is 198 g/mol. The minimum atomic E-state index is 0.167. The monoisotopic (exact) mass is 219 g/mol. The number of methoxy groups -OCH3 is 1. The number of benzene rings is 1. The number of aryl methyl sites for hydroxylation is 1. The average molecular weight is 219 g/mol. The first-order valence-electron chi connectivity index (χ1n) is 5.63. The smallest absolute Gasteiger partial charge is 0.124 e. The number of nitrogens with one attached hydrogen (secondary N) is 1. The molecule has 0 aliphatic heterocycles. The van der Waals surface area contributed by atoms with Gasteiger partial charge in [0.05, 0.1) is 13.2 Å². The van der Waals surface area contributed by atoms with E-state index in [0.29, 0.717) is 0 Å². The molecule has 1 N–H and O–H groups in total. The van der Waals surface area contributed by atoms with Crippen molar-refractivity contribution >= 4 is 0 Å². The normalized spacial score (nSPS) is 12.2. The summed E-state index contributed by atoms with van der Waals surface area (Å²) in [6.45, 7) is 11.1. The molecule has 0 saturated heterocycles. The maximum Gasteiger partial charge on any atom is 0.124 e. The van der Waals surface area contributed by atoms with Gasteiger partial charge in [-0.05, 0) is 32.0 Å². The van der Waals surface area contributed by atoms with Gasteiger partial charge in [-0.2, -0.15) is 0 Å². The van der Waals surface area contributed by atoms with E-state index in [0.717, 1.165) is 23.4 Å². The van der Waals surface area contributed by atoms with Crippen LogP contribution in [0.3, 0.4) is 0 Å². The summed E-state index contributed by atoms with van der Waals surface area (Å²) in [6, 6.07) is 6.43. The van der Waals surface area contributed by atoms with Gasteiger partial charge in [0, 0.05) is 5.56 Å². The van der Waals surface area contributed by atoms with Crippen LogP contribution in [0.15, 0.2) is 30.4 Å². The van der Waals surface area contributed by atoms with Crippen molar-refractivity contribution in [2.75, 3.05) is 13.7 Å². The van der Waals surface area contributed by atoms with Crippen LogP contribution in [0.5, 0.6) is 5.75 Å². The molecule has 1 rings (SSSR count). The summed E-state index contributed by atoms with van der Waals surface area (Å²) >= 11 is 0. The predicted molar refractivity (Wildman–Crippen MR) is 69.0 cm³/mol. The van der Waals surface area contributed by atoms with Crippen LogP contribution in [0.2, 0.25) is 0 Å². The quantitative estimate of drug-likeness (QED) is 0.768. The van der Waals surface area contributed by atoms with E-state index < -0.39 is 0 Å². The van der Waals surface area contributed by atoms with Crippen LogP contribution >= 0.6 is 0 Å². The molecule has 16 heavy (non-hydrogen) atoms. The summed E-state index contributed by atoms with van der Waals surface area (Å²) < 4.78 is 5.42. The van der Waals surface area contributed by atoms with Crippen molar-refractivity contribution in [2.24, 2.45) is 0 Å². The molecule has 1 unspecified atom stereocenters.